The van der Waals surface area contributed by atoms with Gasteiger partial charge in [-0.15, -0.1) is 0 Å². The summed E-state index contributed by atoms with van der Waals surface area (Å²) in [6.45, 7) is 2.11. The number of rotatable bonds is 5. The van der Waals surface area contributed by atoms with E-state index < -0.39 is 7.26 Å². The van der Waals surface area contributed by atoms with Crippen LogP contribution >= 0.6 is 7.26 Å². The third-order valence-corrected chi connectivity index (χ3v) is 10.4. The maximum atomic E-state index is 9.35. The second-order valence-corrected chi connectivity index (χ2v) is 11.4. The minimum Gasteiger partial charge on any atom is -1.00 e. The van der Waals surface area contributed by atoms with Gasteiger partial charge in [-0.05, 0) is 61.5 Å². The second kappa shape index (κ2) is 9.63. The molecule has 0 bridgehead atoms. The molecule has 0 atom stereocenters. The van der Waals surface area contributed by atoms with Crippen molar-refractivity contribution in [2.45, 2.75) is 13.1 Å². The summed E-state index contributed by atoms with van der Waals surface area (Å²) in [5.74, 6) is 0.986. The van der Waals surface area contributed by atoms with Crippen LogP contribution in [0.3, 0.4) is 0 Å². The van der Waals surface area contributed by atoms with Gasteiger partial charge in [-0.25, -0.2) is 0 Å². The lowest BCUT2D eigenvalue weighted by Crippen LogP contribution is -3.00. The van der Waals surface area contributed by atoms with E-state index >= 15 is 0 Å². The molecule has 0 unspecified atom stereocenters. The molecule has 33 heavy (non-hydrogen) atoms. The number of benzene rings is 4. The minimum absolute atomic E-state index is 0. The fourth-order valence-corrected chi connectivity index (χ4v) is 8.69. The number of halogens is 1. The largest absolute Gasteiger partial charge is 1.00 e. The number of furan rings is 1. The summed E-state index contributed by atoms with van der Waals surface area (Å²) >= 11 is 0. The summed E-state index contributed by atoms with van der Waals surface area (Å²) in [5.41, 5.74) is 2.61. The summed E-state index contributed by atoms with van der Waals surface area (Å²) in [6, 6.07) is 40.4. The lowest BCUT2D eigenvalue weighted by Gasteiger charge is -2.27. The number of fused-ring (bicyclic) bond motifs is 1. The molecule has 1 heterocycles. The number of aryl methyl sites for hydroxylation is 1. The van der Waals surface area contributed by atoms with Crippen LogP contribution in [0.5, 0.6) is 0 Å². The number of hydrogen-bond acceptors (Lipinski definition) is 2. The van der Waals surface area contributed by atoms with Gasteiger partial charge < -0.3 is 16.8 Å². The van der Waals surface area contributed by atoms with Crippen molar-refractivity contribution in [3.63, 3.8) is 0 Å². The third-order valence-electron chi connectivity index (χ3n) is 6.14. The van der Waals surface area contributed by atoms with Crippen LogP contribution < -0.4 is 28.3 Å². The van der Waals surface area contributed by atoms with Crippen LogP contribution in [0.25, 0.3) is 11.0 Å². The first-order valence-electron chi connectivity index (χ1n) is 10.7. The Morgan fingerprint density at radius 1 is 0.727 bits per heavy atom. The van der Waals surface area contributed by atoms with E-state index in [9.17, 15) is 5.26 Å². The van der Waals surface area contributed by atoms with E-state index in [0.29, 0.717) is 5.56 Å². The summed E-state index contributed by atoms with van der Waals surface area (Å²) in [7, 11) is -2.03. The lowest BCUT2D eigenvalue weighted by atomic mass is 10.1. The Balaban J connectivity index is 0.00000259. The van der Waals surface area contributed by atoms with Gasteiger partial charge in [0.05, 0.1) is 11.6 Å². The van der Waals surface area contributed by atoms with Crippen molar-refractivity contribution < 1.29 is 16.8 Å². The van der Waals surface area contributed by atoms with Crippen molar-refractivity contribution in [3.05, 3.63) is 126 Å². The lowest BCUT2D eigenvalue weighted by molar-refractivity contribution is -0.00000702. The smallest absolute Gasteiger partial charge is 0.146 e. The molecule has 0 aliphatic rings. The predicted octanol–water partition coefficient (Wildman–Crippen LogP) is 3.11. The van der Waals surface area contributed by atoms with E-state index in [1.54, 1.807) is 0 Å². The minimum atomic E-state index is -2.03. The van der Waals surface area contributed by atoms with Crippen molar-refractivity contribution in [2.75, 3.05) is 0 Å². The topological polar surface area (TPSA) is 36.9 Å². The van der Waals surface area contributed by atoms with E-state index in [-0.39, 0.29) is 12.4 Å². The van der Waals surface area contributed by atoms with Gasteiger partial charge in [0.25, 0.3) is 0 Å². The molecule has 0 fully saturated rings. The molecular formula is C29H23ClNOP. The van der Waals surface area contributed by atoms with Gasteiger partial charge in [-0.2, -0.15) is 5.26 Å². The summed E-state index contributed by atoms with van der Waals surface area (Å²) in [4.78, 5) is 0. The van der Waals surface area contributed by atoms with Crippen LogP contribution in [0.15, 0.2) is 114 Å². The molecule has 5 rings (SSSR count). The van der Waals surface area contributed by atoms with Crippen LogP contribution in [0.2, 0.25) is 0 Å². The Labute approximate surface area is 201 Å². The quantitative estimate of drug-likeness (QED) is 0.372. The monoisotopic (exact) mass is 467 g/mol. The van der Waals surface area contributed by atoms with Gasteiger partial charge in [0.15, 0.2) is 0 Å². The van der Waals surface area contributed by atoms with Gasteiger partial charge in [-0.3, -0.25) is 0 Å². The van der Waals surface area contributed by atoms with E-state index in [1.807, 2.05) is 18.2 Å². The van der Waals surface area contributed by atoms with Crippen molar-refractivity contribution in [2.24, 2.45) is 0 Å². The second-order valence-electron chi connectivity index (χ2n) is 7.95. The molecule has 2 nitrogen and oxygen atoms in total. The zero-order chi connectivity index (χ0) is 22.0. The van der Waals surface area contributed by atoms with E-state index in [1.165, 1.54) is 15.9 Å². The van der Waals surface area contributed by atoms with Gasteiger partial charge in [-0.1, -0.05) is 54.6 Å². The highest BCUT2D eigenvalue weighted by molar-refractivity contribution is 7.95. The Bertz CT molecular complexity index is 1310. The zero-order valence-corrected chi connectivity index (χ0v) is 19.9. The molecular weight excluding hydrogens is 445 g/mol. The number of hydrogen-bond donors (Lipinski definition) is 0. The Hall–Kier alpha value is -3.37. The van der Waals surface area contributed by atoms with Gasteiger partial charge >= 0.3 is 0 Å². The molecule has 0 N–H and O–H groups in total. The van der Waals surface area contributed by atoms with Crippen LogP contribution in [-0.4, -0.2) is 0 Å². The van der Waals surface area contributed by atoms with E-state index in [0.717, 1.165) is 28.5 Å². The number of nitriles is 1. The molecule has 5 aromatic rings. The fraction of sp³-hybridized carbons (Fsp3) is 0.0690. The van der Waals surface area contributed by atoms with Crippen molar-refractivity contribution in [1.82, 2.24) is 0 Å². The molecule has 162 valence electrons. The first-order valence-corrected chi connectivity index (χ1v) is 12.7. The molecule has 0 aliphatic heterocycles. The van der Waals surface area contributed by atoms with Crippen LogP contribution in [0.4, 0.5) is 0 Å². The first kappa shape index (κ1) is 22.8. The molecule has 0 spiro atoms. The average molecular weight is 468 g/mol. The van der Waals surface area contributed by atoms with Gasteiger partial charge in [0, 0.05) is 10.9 Å². The molecule has 4 heteroatoms. The Morgan fingerprint density at radius 3 is 1.67 bits per heavy atom. The van der Waals surface area contributed by atoms with E-state index in [4.69, 9.17) is 4.42 Å². The summed E-state index contributed by atoms with van der Waals surface area (Å²) < 4.78 is 6.44. The van der Waals surface area contributed by atoms with Gasteiger partial charge in [0.1, 0.15) is 40.7 Å². The predicted molar refractivity (Wildman–Crippen MR) is 135 cm³/mol. The zero-order valence-electron chi connectivity index (χ0n) is 18.3. The molecule has 0 saturated carbocycles. The fourth-order valence-electron chi connectivity index (χ4n) is 4.48. The van der Waals surface area contributed by atoms with Crippen molar-refractivity contribution in [1.29, 1.82) is 5.26 Å². The van der Waals surface area contributed by atoms with Crippen molar-refractivity contribution >= 4 is 34.1 Å². The molecule has 0 amide bonds. The van der Waals surface area contributed by atoms with E-state index in [2.05, 4.69) is 104 Å². The third kappa shape index (κ3) is 4.07. The van der Waals surface area contributed by atoms with Crippen LogP contribution in [0, 0.1) is 18.3 Å². The van der Waals surface area contributed by atoms with Crippen molar-refractivity contribution in [3.8, 4) is 6.07 Å². The molecule has 4 aromatic carbocycles. The molecule has 1 aromatic heterocycles. The first-order chi connectivity index (χ1) is 15.7. The van der Waals surface area contributed by atoms with Crippen LogP contribution in [0.1, 0.15) is 16.9 Å². The average Bonchev–Trinajstić information content (AvgIpc) is 3.18. The molecule has 0 aliphatic carbocycles. The highest BCUT2D eigenvalue weighted by Gasteiger charge is 2.46. The highest BCUT2D eigenvalue weighted by Crippen LogP contribution is 2.58. The molecule has 0 radical (unpaired) electrons. The SMILES string of the molecule is Cc1c(C[P+](c2ccccc2)(c2ccccc2)c2ccccc2)oc2ccc(C#N)cc12.[Cl-]. The highest BCUT2D eigenvalue weighted by atomic mass is 35.5. The summed E-state index contributed by atoms with van der Waals surface area (Å²) in [6.07, 6.45) is 0.785. The maximum absolute atomic E-state index is 9.35. The Morgan fingerprint density at radius 2 is 1.21 bits per heavy atom. The molecule has 0 saturated heterocycles. The Kier molecular flexibility index (Phi) is 6.66. The standard InChI is InChI=1S/C29H23NOP.ClH/c1-22-27-19-23(20-30)17-18-28(27)31-29(22)21-32(24-11-5-2-6-12-24,25-13-7-3-8-14-25)26-15-9-4-10-16-26;/h2-19H,21H2,1H3;1H/q+1;/p-1. The maximum Gasteiger partial charge on any atom is 0.146 e. The normalized spacial score (nSPS) is 11.0. The van der Waals surface area contributed by atoms with Crippen LogP contribution in [-0.2, 0) is 6.16 Å². The van der Waals surface area contributed by atoms with Gasteiger partial charge in [0.2, 0.25) is 0 Å². The number of nitrogens with zero attached hydrogens (tertiary/aromatic N) is 1. The summed E-state index contributed by atoms with van der Waals surface area (Å²) in [5, 5.41) is 14.4.